The highest BCUT2D eigenvalue weighted by Crippen LogP contribution is 2.20. The monoisotopic (exact) mass is 293 g/mol. The average Bonchev–Trinajstić information content (AvgIpc) is 2.95. The second-order valence-corrected chi connectivity index (χ2v) is 5.34. The van der Waals surface area contributed by atoms with Crippen LogP contribution in [0.25, 0.3) is 0 Å². The van der Waals surface area contributed by atoms with Gasteiger partial charge in [-0.3, -0.25) is 9.69 Å². The van der Waals surface area contributed by atoms with Gasteiger partial charge in [0.25, 0.3) is 0 Å². The summed E-state index contributed by atoms with van der Waals surface area (Å²) in [6, 6.07) is 7.86. The molecular weight excluding hydrogens is 270 g/mol. The molecule has 0 bridgehead atoms. The number of carbonyl (C=O) groups is 1. The summed E-state index contributed by atoms with van der Waals surface area (Å²) in [7, 11) is 0. The minimum atomic E-state index is -0.782. The zero-order valence-corrected chi connectivity index (χ0v) is 12.6. The summed E-state index contributed by atoms with van der Waals surface area (Å²) in [6.45, 7) is 6.87. The van der Waals surface area contributed by atoms with E-state index in [9.17, 15) is 9.90 Å². The number of benzene rings is 1. The van der Waals surface area contributed by atoms with Crippen molar-refractivity contribution < 1.29 is 19.4 Å². The van der Waals surface area contributed by atoms with Crippen molar-refractivity contribution in [3.63, 3.8) is 0 Å². The molecule has 0 radical (unpaired) electrons. The minimum absolute atomic E-state index is 0.0610. The number of aryl methyl sites for hydroxylation is 1. The Morgan fingerprint density at radius 3 is 2.71 bits per heavy atom. The number of carboxylic acid groups (broad SMARTS) is 1. The highest BCUT2D eigenvalue weighted by Gasteiger charge is 2.37. The Morgan fingerprint density at radius 1 is 1.38 bits per heavy atom. The van der Waals surface area contributed by atoms with E-state index in [1.54, 1.807) is 0 Å². The fourth-order valence-corrected chi connectivity index (χ4v) is 2.61. The number of ether oxygens (including phenoxy) is 2. The highest BCUT2D eigenvalue weighted by atomic mass is 16.5. The van der Waals surface area contributed by atoms with Gasteiger partial charge < -0.3 is 14.6 Å². The first-order valence-corrected chi connectivity index (χ1v) is 7.36. The van der Waals surface area contributed by atoms with Crippen LogP contribution in [0.2, 0.25) is 0 Å². The van der Waals surface area contributed by atoms with Crippen molar-refractivity contribution >= 4 is 5.97 Å². The number of nitrogens with zero attached hydrogens (tertiary/aromatic N) is 1. The molecule has 21 heavy (non-hydrogen) atoms. The van der Waals surface area contributed by atoms with Crippen molar-refractivity contribution in [2.45, 2.75) is 19.9 Å². The molecule has 2 atom stereocenters. The van der Waals surface area contributed by atoms with Crippen LogP contribution >= 0.6 is 0 Å². The van der Waals surface area contributed by atoms with E-state index in [0.717, 1.165) is 12.3 Å². The quantitative estimate of drug-likeness (QED) is 0.830. The van der Waals surface area contributed by atoms with E-state index < -0.39 is 11.9 Å². The molecule has 0 saturated carbocycles. The van der Waals surface area contributed by atoms with Crippen LogP contribution in [0, 0.1) is 12.8 Å². The third kappa shape index (κ3) is 4.19. The van der Waals surface area contributed by atoms with Crippen LogP contribution in [0.3, 0.4) is 0 Å². The van der Waals surface area contributed by atoms with Crippen molar-refractivity contribution in [3.05, 3.63) is 29.8 Å². The molecule has 0 amide bonds. The van der Waals surface area contributed by atoms with Crippen molar-refractivity contribution in [2.24, 2.45) is 5.92 Å². The van der Waals surface area contributed by atoms with Gasteiger partial charge in [-0.2, -0.15) is 0 Å². The van der Waals surface area contributed by atoms with Crippen LogP contribution in [-0.2, 0) is 9.53 Å². The first kappa shape index (κ1) is 15.8. The lowest BCUT2D eigenvalue weighted by atomic mass is 10.0. The second-order valence-electron chi connectivity index (χ2n) is 5.34. The Labute approximate surface area is 125 Å². The molecule has 5 heteroatoms. The first-order valence-electron chi connectivity index (χ1n) is 7.36. The van der Waals surface area contributed by atoms with Crippen LogP contribution in [0.4, 0.5) is 0 Å². The van der Waals surface area contributed by atoms with E-state index >= 15 is 0 Å². The zero-order chi connectivity index (χ0) is 15.2. The topological polar surface area (TPSA) is 59.0 Å². The SMILES string of the molecule is CCN(CCOc1ccc(C)cc1)C1COCC1C(=O)O. The van der Waals surface area contributed by atoms with Gasteiger partial charge in [0.05, 0.1) is 19.1 Å². The van der Waals surface area contributed by atoms with Crippen LogP contribution in [0.15, 0.2) is 24.3 Å². The van der Waals surface area contributed by atoms with Crippen LogP contribution in [0.1, 0.15) is 12.5 Å². The molecule has 1 fully saturated rings. The van der Waals surface area contributed by atoms with Gasteiger partial charge in [0, 0.05) is 12.6 Å². The zero-order valence-electron chi connectivity index (χ0n) is 12.6. The maximum atomic E-state index is 11.2. The summed E-state index contributed by atoms with van der Waals surface area (Å²) < 4.78 is 11.0. The number of hydrogen-bond acceptors (Lipinski definition) is 4. The van der Waals surface area contributed by atoms with Gasteiger partial charge in [-0.25, -0.2) is 0 Å². The lowest BCUT2D eigenvalue weighted by molar-refractivity contribution is -0.143. The molecule has 1 aliphatic heterocycles. The fourth-order valence-electron chi connectivity index (χ4n) is 2.61. The van der Waals surface area contributed by atoms with Gasteiger partial charge in [-0.15, -0.1) is 0 Å². The van der Waals surface area contributed by atoms with E-state index in [-0.39, 0.29) is 6.04 Å². The second kappa shape index (κ2) is 7.43. The fraction of sp³-hybridized carbons (Fsp3) is 0.562. The maximum Gasteiger partial charge on any atom is 0.310 e. The van der Waals surface area contributed by atoms with Crippen LogP contribution in [0.5, 0.6) is 5.75 Å². The van der Waals surface area contributed by atoms with E-state index in [0.29, 0.717) is 26.4 Å². The van der Waals surface area contributed by atoms with Gasteiger partial charge in [0.15, 0.2) is 0 Å². The van der Waals surface area contributed by atoms with E-state index in [1.165, 1.54) is 5.56 Å². The number of aliphatic carboxylic acids is 1. The smallest absolute Gasteiger partial charge is 0.310 e. The van der Waals surface area contributed by atoms with Gasteiger partial charge in [0.2, 0.25) is 0 Å². The molecule has 1 saturated heterocycles. The summed E-state index contributed by atoms with van der Waals surface area (Å²) in [4.78, 5) is 13.3. The van der Waals surface area contributed by atoms with E-state index in [2.05, 4.69) is 4.90 Å². The predicted molar refractivity (Wildman–Crippen MR) is 79.7 cm³/mol. The number of hydrogen-bond donors (Lipinski definition) is 1. The molecule has 1 aliphatic rings. The normalized spacial score (nSPS) is 21.7. The van der Waals surface area contributed by atoms with Crippen LogP contribution in [-0.4, -0.2) is 54.9 Å². The molecule has 0 aromatic heterocycles. The van der Waals surface area contributed by atoms with Crippen molar-refractivity contribution in [3.8, 4) is 5.75 Å². The molecule has 1 aromatic carbocycles. The van der Waals surface area contributed by atoms with Gasteiger partial charge in [-0.05, 0) is 25.6 Å². The first-order chi connectivity index (χ1) is 10.1. The summed E-state index contributed by atoms with van der Waals surface area (Å²) in [5.74, 6) is -0.381. The number of carboxylic acids is 1. The maximum absolute atomic E-state index is 11.2. The summed E-state index contributed by atoms with van der Waals surface area (Å²) in [5.41, 5.74) is 1.20. The van der Waals surface area contributed by atoms with Crippen molar-refractivity contribution in [2.75, 3.05) is 32.9 Å². The van der Waals surface area contributed by atoms with Gasteiger partial charge in [0.1, 0.15) is 12.4 Å². The molecule has 5 nitrogen and oxygen atoms in total. The van der Waals surface area contributed by atoms with E-state index in [1.807, 2.05) is 38.1 Å². The average molecular weight is 293 g/mol. The molecule has 2 rings (SSSR count). The van der Waals surface area contributed by atoms with Crippen molar-refractivity contribution in [1.82, 2.24) is 4.90 Å². The van der Waals surface area contributed by atoms with E-state index in [4.69, 9.17) is 9.47 Å². The summed E-state index contributed by atoms with van der Waals surface area (Å²) >= 11 is 0. The Kier molecular flexibility index (Phi) is 5.59. The lowest BCUT2D eigenvalue weighted by Crippen LogP contribution is -2.44. The number of likely N-dealkylation sites (N-methyl/N-ethyl adjacent to an activating group) is 1. The molecule has 0 aliphatic carbocycles. The molecular formula is C16H23NO4. The third-order valence-corrected chi connectivity index (χ3v) is 3.91. The molecule has 1 N–H and O–H groups in total. The largest absolute Gasteiger partial charge is 0.492 e. The molecule has 2 unspecified atom stereocenters. The van der Waals surface area contributed by atoms with Crippen molar-refractivity contribution in [1.29, 1.82) is 0 Å². The Bertz CT molecular complexity index is 460. The lowest BCUT2D eigenvalue weighted by Gasteiger charge is -2.28. The summed E-state index contributed by atoms with van der Waals surface area (Å²) in [6.07, 6.45) is 0. The molecule has 116 valence electrons. The molecule has 0 spiro atoms. The Morgan fingerprint density at radius 2 is 2.10 bits per heavy atom. The van der Waals surface area contributed by atoms with Gasteiger partial charge in [-0.1, -0.05) is 24.6 Å². The third-order valence-electron chi connectivity index (χ3n) is 3.91. The van der Waals surface area contributed by atoms with Crippen LogP contribution < -0.4 is 4.74 Å². The Hall–Kier alpha value is -1.59. The highest BCUT2D eigenvalue weighted by molar-refractivity contribution is 5.71. The Balaban J connectivity index is 1.85. The standard InChI is InChI=1S/C16H23NO4/c1-3-17(15-11-20-10-14(15)16(18)19)8-9-21-13-6-4-12(2)5-7-13/h4-7,14-15H,3,8-11H2,1-2H3,(H,18,19). The summed E-state index contributed by atoms with van der Waals surface area (Å²) in [5, 5.41) is 9.22. The predicted octanol–water partition coefficient (Wildman–Crippen LogP) is 1.80. The minimum Gasteiger partial charge on any atom is -0.492 e. The molecule has 1 aromatic rings. The van der Waals surface area contributed by atoms with Gasteiger partial charge >= 0.3 is 5.97 Å². The number of rotatable bonds is 7. The molecule has 1 heterocycles.